The Hall–Kier alpha value is -1.66. The molecule has 0 aliphatic carbocycles. The number of nitrogens with zero attached hydrogens (tertiary/aromatic N) is 2. The first-order valence-electron chi connectivity index (χ1n) is 8.25. The molecule has 2 aliphatic heterocycles. The van der Waals surface area contributed by atoms with Crippen molar-refractivity contribution in [3.05, 3.63) is 22.7 Å². The number of ether oxygens (including phenoxy) is 1. The molecule has 0 bridgehead atoms. The largest absolute Gasteiger partial charge is 0.480 e. The molecule has 0 aromatic carbocycles. The monoisotopic (exact) mass is 405 g/mol. The molecule has 3 rings (SSSR count). The van der Waals surface area contributed by atoms with Gasteiger partial charge in [-0.25, -0.2) is 9.88 Å². The summed E-state index contributed by atoms with van der Waals surface area (Å²) in [5, 5.41) is 22.6. The zero-order valence-corrected chi connectivity index (χ0v) is 15.6. The first-order valence-corrected chi connectivity index (χ1v) is 9.83. The maximum absolute atomic E-state index is 12.1. The van der Waals surface area contributed by atoms with Crippen molar-refractivity contribution in [1.82, 2.24) is 14.6 Å². The Bertz CT molecular complexity index is 789. The summed E-state index contributed by atoms with van der Waals surface area (Å²) in [7, 11) is -3.77. The van der Waals surface area contributed by atoms with Gasteiger partial charge in [0.1, 0.15) is 29.7 Å². The summed E-state index contributed by atoms with van der Waals surface area (Å²) in [4.78, 5) is 37.5. The number of fused-ring (bicyclic) bond motifs is 1. The molecule has 0 saturated carbocycles. The standard InChI is InChI=1S/C14H22N4O8P/c1-3-7(11(19)20)17-27(23)24-6-8-10(26-27)14(2,22)12(25-8)18-5-4-9(15)16-13(18)21/h4-5,7-8,10,12,17,22-23H,3,6H2,1-2H3,(H,19,20)(H2,15,16,21)/t7-,8+,10+,12+,14+/m0/s1. The molecular formula is C14H22N4O8P. The molecule has 2 saturated heterocycles. The number of hydrogen-bond donors (Lipinski definition) is 5. The first-order chi connectivity index (χ1) is 12.6. The first kappa shape index (κ1) is 20.1. The van der Waals surface area contributed by atoms with Crippen molar-refractivity contribution in [3.63, 3.8) is 0 Å². The second kappa shape index (κ2) is 7.06. The number of rotatable bonds is 5. The molecule has 27 heavy (non-hydrogen) atoms. The lowest BCUT2D eigenvalue weighted by Crippen LogP contribution is -2.51. The third kappa shape index (κ3) is 3.69. The molecule has 3 heterocycles. The SMILES string of the molecule is CC[C@H](N[P]1(O)OC[C@H]2O[C@@H](n3ccc(N)nc3=O)[C@](C)(O)[C@@H]2O1)C(=O)O. The Morgan fingerprint density at radius 2 is 2.33 bits per heavy atom. The van der Waals surface area contributed by atoms with Gasteiger partial charge in [-0.2, -0.15) is 4.98 Å². The van der Waals surface area contributed by atoms with Crippen molar-refractivity contribution in [2.75, 3.05) is 12.3 Å². The van der Waals surface area contributed by atoms with Gasteiger partial charge in [-0.3, -0.25) is 13.9 Å². The Morgan fingerprint density at radius 3 is 2.93 bits per heavy atom. The van der Waals surface area contributed by atoms with Gasteiger partial charge < -0.3 is 30.1 Å². The zero-order chi connectivity index (χ0) is 20.0. The van der Waals surface area contributed by atoms with Gasteiger partial charge in [-0.05, 0) is 19.4 Å². The molecule has 0 amide bonds. The number of carboxylic acids is 1. The molecule has 6 N–H and O–H groups in total. The van der Waals surface area contributed by atoms with E-state index in [0.717, 1.165) is 4.57 Å². The summed E-state index contributed by atoms with van der Waals surface area (Å²) < 4.78 is 17.6. The fourth-order valence-corrected chi connectivity index (χ4v) is 4.98. The molecule has 1 aromatic rings. The number of hydrogen-bond acceptors (Lipinski definition) is 10. The third-order valence-corrected chi connectivity index (χ3v) is 6.17. The number of aliphatic carboxylic acids is 1. The number of carbonyl (C=O) groups is 1. The smallest absolute Gasteiger partial charge is 0.351 e. The summed E-state index contributed by atoms with van der Waals surface area (Å²) in [5.41, 5.74) is 3.01. The van der Waals surface area contributed by atoms with Gasteiger partial charge in [0, 0.05) is 6.20 Å². The van der Waals surface area contributed by atoms with Crippen molar-refractivity contribution < 1.29 is 33.7 Å². The van der Waals surface area contributed by atoms with Crippen molar-refractivity contribution >= 4 is 19.9 Å². The number of aromatic nitrogens is 2. The number of nitrogens with one attached hydrogen (secondary N) is 1. The van der Waals surface area contributed by atoms with E-state index in [1.165, 1.54) is 19.2 Å². The minimum absolute atomic E-state index is 0.0228. The number of nitrogen functional groups attached to an aromatic ring is 1. The average Bonchev–Trinajstić information content (AvgIpc) is 2.83. The summed E-state index contributed by atoms with van der Waals surface area (Å²) in [6.45, 7) is 2.84. The van der Waals surface area contributed by atoms with Gasteiger partial charge in [-0.1, -0.05) is 6.92 Å². The summed E-state index contributed by atoms with van der Waals surface area (Å²) in [6.07, 6.45) is -1.51. The lowest BCUT2D eigenvalue weighted by atomic mass is 9.96. The molecular weight excluding hydrogens is 383 g/mol. The van der Waals surface area contributed by atoms with Crippen LogP contribution < -0.4 is 16.5 Å². The van der Waals surface area contributed by atoms with Crippen LogP contribution in [0.2, 0.25) is 0 Å². The van der Waals surface area contributed by atoms with Gasteiger partial charge >= 0.3 is 19.8 Å². The van der Waals surface area contributed by atoms with Gasteiger partial charge in [0.2, 0.25) is 0 Å². The van der Waals surface area contributed by atoms with E-state index in [-0.39, 0.29) is 18.8 Å². The zero-order valence-electron chi connectivity index (χ0n) is 14.7. The van der Waals surface area contributed by atoms with E-state index >= 15 is 0 Å². The highest BCUT2D eigenvalue weighted by Crippen LogP contribution is 2.61. The van der Waals surface area contributed by atoms with E-state index < -0.39 is 49.8 Å². The Labute approximate surface area is 154 Å². The number of nitrogens with two attached hydrogens (primary N) is 1. The summed E-state index contributed by atoms with van der Waals surface area (Å²) in [5.74, 6) is -1.15. The maximum atomic E-state index is 12.1. The second-order valence-electron chi connectivity index (χ2n) is 6.57. The number of aliphatic hydroxyl groups is 1. The highest BCUT2D eigenvalue weighted by molar-refractivity contribution is 7.58. The number of carboxylic acid groups (broad SMARTS) is 1. The van der Waals surface area contributed by atoms with E-state index in [9.17, 15) is 19.6 Å². The minimum Gasteiger partial charge on any atom is -0.480 e. The normalized spacial score (nSPS) is 37.0. The molecule has 2 fully saturated rings. The lowest BCUT2D eigenvalue weighted by molar-refractivity contribution is -0.139. The van der Waals surface area contributed by atoms with Crippen molar-refractivity contribution in [2.24, 2.45) is 0 Å². The van der Waals surface area contributed by atoms with Crippen molar-refractivity contribution in [3.8, 4) is 0 Å². The van der Waals surface area contributed by atoms with Crippen LogP contribution in [0.15, 0.2) is 17.1 Å². The van der Waals surface area contributed by atoms with Crippen LogP contribution in [-0.2, 0) is 18.6 Å². The van der Waals surface area contributed by atoms with E-state index in [2.05, 4.69) is 10.1 Å². The van der Waals surface area contributed by atoms with Crippen LogP contribution in [0.3, 0.4) is 0 Å². The fraction of sp³-hybridized carbons (Fsp3) is 0.643. The van der Waals surface area contributed by atoms with Crippen molar-refractivity contribution in [2.45, 2.75) is 50.3 Å². The Kier molecular flexibility index (Phi) is 5.25. The molecule has 1 unspecified atom stereocenters. The molecule has 151 valence electrons. The van der Waals surface area contributed by atoms with E-state index in [4.69, 9.17) is 24.6 Å². The van der Waals surface area contributed by atoms with Crippen LogP contribution in [0.25, 0.3) is 0 Å². The van der Waals surface area contributed by atoms with Crippen LogP contribution in [-0.4, -0.2) is 61.1 Å². The van der Waals surface area contributed by atoms with Crippen LogP contribution >= 0.6 is 8.09 Å². The van der Waals surface area contributed by atoms with E-state index in [1.807, 2.05) is 0 Å². The average molecular weight is 405 g/mol. The second-order valence-corrected chi connectivity index (χ2v) is 8.33. The summed E-state index contributed by atoms with van der Waals surface area (Å²) >= 11 is 0. The summed E-state index contributed by atoms with van der Waals surface area (Å²) in [6, 6.07) is 0.288. The maximum Gasteiger partial charge on any atom is 0.351 e. The van der Waals surface area contributed by atoms with E-state index in [0.29, 0.717) is 0 Å². The number of anilines is 1. The molecule has 13 heteroatoms. The van der Waals surface area contributed by atoms with Gasteiger partial charge in [0.15, 0.2) is 6.23 Å². The van der Waals surface area contributed by atoms with Gasteiger partial charge in [0.25, 0.3) is 0 Å². The molecule has 2 aliphatic rings. The van der Waals surface area contributed by atoms with Gasteiger partial charge in [0.05, 0.1) is 6.61 Å². The highest BCUT2D eigenvalue weighted by Gasteiger charge is 2.60. The predicted molar refractivity (Wildman–Crippen MR) is 92.3 cm³/mol. The van der Waals surface area contributed by atoms with Crippen molar-refractivity contribution in [1.29, 1.82) is 0 Å². The van der Waals surface area contributed by atoms with Gasteiger partial charge in [-0.15, -0.1) is 0 Å². The lowest BCUT2D eigenvalue weighted by Gasteiger charge is -2.42. The molecule has 1 aromatic heterocycles. The molecule has 1 radical (unpaired) electrons. The highest BCUT2D eigenvalue weighted by atomic mass is 31.2. The fourth-order valence-electron chi connectivity index (χ4n) is 3.09. The van der Waals surface area contributed by atoms with Crippen LogP contribution in [0, 0.1) is 0 Å². The predicted octanol–water partition coefficient (Wildman–Crippen LogP) is -0.988. The van der Waals surface area contributed by atoms with Crippen LogP contribution in [0.1, 0.15) is 26.5 Å². The van der Waals surface area contributed by atoms with Crippen LogP contribution in [0.4, 0.5) is 5.82 Å². The quantitative estimate of drug-likeness (QED) is 0.380. The van der Waals surface area contributed by atoms with Crippen LogP contribution in [0.5, 0.6) is 0 Å². The molecule has 12 nitrogen and oxygen atoms in total. The topological polar surface area (TPSA) is 178 Å². The van der Waals surface area contributed by atoms with E-state index in [1.54, 1.807) is 6.92 Å². The molecule has 6 atom stereocenters. The third-order valence-electron chi connectivity index (χ3n) is 4.52. The Morgan fingerprint density at radius 1 is 1.63 bits per heavy atom. The molecule has 0 spiro atoms. The Balaban J connectivity index is 1.84. The minimum atomic E-state index is -3.77.